The van der Waals surface area contributed by atoms with Crippen LogP contribution in [-0.2, 0) is 11.2 Å². The molecule has 1 aromatic rings. The van der Waals surface area contributed by atoms with Crippen LogP contribution < -0.4 is 5.32 Å². The Kier molecular flexibility index (Phi) is 2.90. The second-order valence-corrected chi connectivity index (χ2v) is 3.85. The Bertz CT molecular complexity index is 453. The molecule has 0 fully saturated rings. The van der Waals surface area contributed by atoms with E-state index >= 15 is 0 Å². The number of aliphatic carboxylic acids is 1. The second kappa shape index (κ2) is 4.35. The summed E-state index contributed by atoms with van der Waals surface area (Å²) in [6.07, 6.45) is 4.73. The number of aromatic nitrogens is 1. The van der Waals surface area contributed by atoms with Crippen molar-refractivity contribution in [3.63, 3.8) is 0 Å². The maximum atomic E-state index is 10.5. The number of anilines is 1. The molecule has 0 aliphatic carbocycles. The number of nitrogens with zero attached hydrogens (tertiary/aromatic N) is 1. The highest BCUT2D eigenvalue weighted by Crippen LogP contribution is 2.22. The molecule has 0 spiro atoms. The van der Waals surface area contributed by atoms with Gasteiger partial charge in [0.2, 0.25) is 0 Å². The predicted octanol–water partition coefficient (Wildman–Crippen LogP) is 1.85. The number of carboxylic acid groups (broad SMARTS) is 1. The highest BCUT2D eigenvalue weighted by Gasteiger charge is 2.10. The molecule has 0 saturated carbocycles. The molecule has 16 heavy (non-hydrogen) atoms. The van der Waals surface area contributed by atoms with Crippen molar-refractivity contribution in [2.24, 2.45) is 0 Å². The summed E-state index contributed by atoms with van der Waals surface area (Å²) >= 11 is 0. The van der Waals surface area contributed by atoms with E-state index in [0.717, 1.165) is 29.2 Å². The molecular formula is C12H14N2O2. The van der Waals surface area contributed by atoms with Gasteiger partial charge in [-0.2, -0.15) is 0 Å². The Labute approximate surface area is 94.0 Å². The summed E-state index contributed by atoms with van der Waals surface area (Å²) in [7, 11) is 0. The molecule has 2 heterocycles. The van der Waals surface area contributed by atoms with Crippen molar-refractivity contribution < 1.29 is 9.90 Å². The molecule has 2 rings (SSSR count). The van der Waals surface area contributed by atoms with Crippen LogP contribution in [-0.4, -0.2) is 22.6 Å². The third kappa shape index (κ3) is 2.21. The number of fused-ring (bicyclic) bond motifs is 1. The molecule has 1 aliphatic heterocycles. The molecule has 0 radical (unpaired) electrons. The quantitative estimate of drug-likeness (QED) is 0.812. The van der Waals surface area contributed by atoms with Crippen molar-refractivity contribution in [2.75, 3.05) is 11.9 Å². The molecule has 1 aromatic heterocycles. The summed E-state index contributed by atoms with van der Waals surface area (Å²) in [6.45, 7) is 2.71. The van der Waals surface area contributed by atoms with Gasteiger partial charge in [-0.15, -0.1) is 0 Å². The third-order valence-corrected chi connectivity index (χ3v) is 2.64. The molecule has 0 aromatic carbocycles. The van der Waals surface area contributed by atoms with Crippen LogP contribution in [0.3, 0.4) is 0 Å². The molecule has 0 bridgehead atoms. The summed E-state index contributed by atoms with van der Waals surface area (Å²) in [5, 5.41) is 11.8. The first-order valence-corrected chi connectivity index (χ1v) is 5.29. The average molecular weight is 218 g/mol. The third-order valence-electron chi connectivity index (χ3n) is 2.64. The Morgan fingerprint density at radius 1 is 1.62 bits per heavy atom. The van der Waals surface area contributed by atoms with Crippen molar-refractivity contribution >= 4 is 17.9 Å². The van der Waals surface area contributed by atoms with Gasteiger partial charge in [-0.1, -0.05) is 12.2 Å². The Balaban J connectivity index is 2.26. The molecule has 4 nitrogen and oxygen atoms in total. The fourth-order valence-corrected chi connectivity index (χ4v) is 1.77. The van der Waals surface area contributed by atoms with Crippen LogP contribution >= 0.6 is 0 Å². The first-order chi connectivity index (χ1) is 7.66. The molecule has 0 amide bonds. The molecule has 0 atom stereocenters. The maximum Gasteiger partial charge on any atom is 0.303 e. The standard InChI is InChI=1S/C12H14N2O2/c1-8-9(4-5-11(15)16)7-10-3-2-6-13-12(10)14-8/h2-3,7H,4-6H2,1H3,(H,13,14)(H,15,16). The SMILES string of the molecule is Cc1nc2c(cc1CCC(=O)O)C=CCN2. The van der Waals surface area contributed by atoms with Crippen LogP contribution in [0.1, 0.15) is 23.2 Å². The van der Waals surface area contributed by atoms with E-state index in [1.807, 2.05) is 25.1 Å². The van der Waals surface area contributed by atoms with Crippen molar-refractivity contribution in [2.45, 2.75) is 19.8 Å². The van der Waals surface area contributed by atoms with Crippen LogP contribution in [0, 0.1) is 6.92 Å². The van der Waals surface area contributed by atoms with Crippen LogP contribution in [0.2, 0.25) is 0 Å². The Morgan fingerprint density at radius 2 is 2.44 bits per heavy atom. The maximum absolute atomic E-state index is 10.5. The zero-order valence-corrected chi connectivity index (χ0v) is 9.16. The predicted molar refractivity (Wildman–Crippen MR) is 62.5 cm³/mol. The van der Waals surface area contributed by atoms with E-state index in [1.165, 1.54) is 0 Å². The first-order valence-electron chi connectivity index (χ1n) is 5.29. The largest absolute Gasteiger partial charge is 0.481 e. The number of carboxylic acids is 1. The van der Waals surface area contributed by atoms with Crippen molar-refractivity contribution in [1.29, 1.82) is 0 Å². The molecule has 2 N–H and O–H groups in total. The lowest BCUT2D eigenvalue weighted by molar-refractivity contribution is -0.136. The normalized spacial score (nSPS) is 13.1. The van der Waals surface area contributed by atoms with Gasteiger partial charge in [-0.25, -0.2) is 4.98 Å². The lowest BCUT2D eigenvalue weighted by atomic mass is 10.0. The van der Waals surface area contributed by atoms with Gasteiger partial charge in [0.1, 0.15) is 5.82 Å². The molecule has 84 valence electrons. The highest BCUT2D eigenvalue weighted by atomic mass is 16.4. The minimum absolute atomic E-state index is 0.151. The molecule has 0 unspecified atom stereocenters. The van der Waals surface area contributed by atoms with Crippen LogP contribution in [0.25, 0.3) is 6.08 Å². The molecule has 4 heteroatoms. The van der Waals surface area contributed by atoms with E-state index in [-0.39, 0.29) is 6.42 Å². The number of aryl methyl sites for hydroxylation is 2. The molecule has 1 aliphatic rings. The van der Waals surface area contributed by atoms with Gasteiger partial charge in [0.15, 0.2) is 0 Å². The van der Waals surface area contributed by atoms with Crippen molar-refractivity contribution in [1.82, 2.24) is 4.98 Å². The van der Waals surface area contributed by atoms with E-state index in [9.17, 15) is 4.79 Å². The minimum Gasteiger partial charge on any atom is -0.481 e. The first kappa shape index (κ1) is 10.7. The van der Waals surface area contributed by atoms with Gasteiger partial charge in [0.05, 0.1) is 0 Å². The monoisotopic (exact) mass is 218 g/mol. The number of hydrogen-bond acceptors (Lipinski definition) is 3. The van der Waals surface area contributed by atoms with Crippen molar-refractivity contribution in [3.05, 3.63) is 29.0 Å². The van der Waals surface area contributed by atoms with Crippen LogP contribution in [0.4, 0.5) is 5.82 Å². The minimum atomic E-state index is -0.772. The topological polar surface area (TPSA) is 62.2 Å². The number of pyridine rings is 1. The summed E-state index contributed by atoms with van der Waals surface area (Å²) in [5.41, 5.74) is 2.95. The van der Waals surface area contributed by atoms with Crippen molar-refractivity contribution in [3.8, 4) is 0 Å². The van der Waals surface area contributed by atoms with E-state index in [2.05, 4.69) is 10.3 Å². The summed E-state index contributed by atoms with van der Waals surface area (Å²) in [5.74, 6) is 0.116. The zero-order chi connectivity index (χ0) is 11.5. The molecule has 0 saturated heterocycles. The summed E-state index contributed by atoms with van der Waals surface area (Å²) in [4.78, 5) is 15.0. The second-order valence-electron chi connectivity index (χ2n) is 3.85. The van der Waals surface area contributed by atoms with E-state index in [4.69, 9.17) is 5.11 Å². The van der Waals surface area contributed by atoms with E-state index in [1.54, 1.807) is 0 Å². The average Bonchev–Trinajstić information content (AvgIpc) is 2.26. The smallest absolute Gasteiger partial charge is 0.303 e. The summed E-state index contributed by atoms with van der Waals surface area (Å²) < 4.78 is 0. The Morgan fingerprint density at radius 3 is 3.19 bits per heavy atom. The van der Waals surface area contributed by atoms with Crippen LogP contribution in [0.5, 0.6) is 0 Å². The molecular weight excluding hydrogens is 204 g/mol. The zero-order valence-electron chi connectivity index (χ0n) is 9.16. The highest BCUT2D eigenvalue weighted by molar-refractivity contribution is 5.69. The van der Waals surface area contributed by atoms with Gasteiger partial charge in [-0.3, -0.25) is 4.79 Å². The van der Waals surface area contributed by atoms with Gasteiger partial charge in [0, 0.05) is 24.2 Å². The number of hydrogen-bond donors (Lipinski definition) is 2. The lowest BCUT2D eigenvalue weighted by Crippen LogP contribution is -2.09. The Hall–Kier alpha value is -1.84. The summed E-state index contributed by atoms with van der Waals surface area (Å²) in [6, 6.07) is 2.02. The van der Waals surface area contributed by atoms with E-state index in [0.29, 0.717) is 6.42 Å². The van der Waals surface area contributed by atoms with Gasteiger partial charge >= 0.3 is 5.97 Å². The van der Waals surface area contributed by atoms with Crippen LogP contribution in [0.15, 0.2) is 12.1 Å². The van der Waals surface area contributed by atoms with E-state index < -0.39 is 5.97 Å². The number of carbonyl (C=O) groups is 1. The van der Waals surface area contributed by atoms with Gasteiger partial charge < -0.3 is 10.4 Å². The van der Waals surface area contributed by atoms with Gasteiger partial charge in [-0.05, 0) is 25.0 Å². The van der Waals surface area contributed by atoms with Gasteiger partial charge in [0.25, 0.3) is 0 Å². The number of rotatable bonds is 3. The lowest BCUT2D eigenvalue weighted by Gasteiger charge is -2.14. The fourth-order valence-electron chi connectivity index (χ4n) is 1.77. The fraction of sp³-hybridized carbons (Fsp3) is 0.333. The number of nitrogens with one attached hydrogen (secondary N) is 1.